The molecule has 5 heterocycles. The smallest absolute Gasteiger partial charge is 0.200 e. The van der Waals surface area contributed by atoms with Crippen LogP contribution in [0.5, 0.6) is 0 Å². The Bertz CT molecular complexity index is 1450. The number of nitrogens with zero attached hydrogens (tertiary/aromatic N) is 7. The third kappa shape index (κ3) is 3.84. The quantitative estimate of drug-likeness (QED) is 0.369. The molecule has 1 aliphatic rings. The van der Waals surface area contributed by atoms with Gasteiger partial charge in [-0.25, -0.2) is 0 Å². The Kier molecular flexibility index (Phi) is 5.02. The first-order chi connectivity index (χ1) is 16.2. The highest BCUT2D eigenvalue weighted by molar-refractivity contribution is 7.99. The second-order valence-electron chi connectivity index (χ2n) is 8.66. The van der Waals surface area contributed by atoms with Crippen molar-refractivity contribution in [2.45, 2.75) is 29.8 Å². The Hall–Kier alpha value is -3.39. The lowest BCUT2D eigenvalue weighted by molar-refractivity contribution is 0.569. The molecular formula is C25H25N7S. The SMILES string of the molecule is CCC1CCN(c2cnc3ccc(Sc4nnc5ccc(-c6ccn(C)n6)cn45)cc3c2)C1. The van der Waals surface area contributed by atoms with Crippen molar-refractivity contribution in [1.82, 2.24) is 29.4 Å². The molecule has 1 aliphatic heterocycles. The van der Waals surface area contributed by atoms with Gasteiger partial charge in [0.15, 0.2) is 10.8 Å². The molecular weight excluding hydrogens is 430 g/mol. The standard InChI is InChI=1S/C25H25N7S/c1-3-17-8-11-31(15-17)20-12-19-13-21(5-6-22(19)26-14-20)33-25-28-27-24-7-4-18(16-32(24)25)23-9-10-30(2)29-23/h4-7,9-10,12-14,16-17H,3,8,11,15H2,1-2H3. The zero-order chi connectivity index (χ0) is 22.4. The molecule has 0 bridgehead atoms. The van der Waals surface area contributed by atoms with Crippen LogP contribution in [0.2, 0.25) is 0 Å². The van der Waals surface area contributed by atoms with Crippen LogP contribution in [0.4, 0.5) is 5.69 Å². The average molecular weight is 456 g/mol. The second kappa shape index (κ2) is 8.19. The molecule has 0 saturated carbocycles. The van der Waals surface area contributed by atoms with E-state index in [0.29, 0.717) is 0 Å². The van der Waals surface area contributed by atoms with Crippen LogP contribution in [-0.2, 0) is 7.05 Å². The first-order valence-corrected chi connectivity index (χ1v) is 12.2. The molecule has 4 aromatic heterocycles. The molecule has 1 unspecified atom stereocenters. The summed E-state index contributed by atoms with van der Waals surface area (Å²) < 4.78 is 3.84. The van der Waals surface area contributed by atoms with E-state index in [-0.39, 0.29) is 0 Å². The highest BCUT2D eigenvalue weighted by atomic mass is 32.2. The van der Waals surface area contributed by atoms with Crippen molar-refractivity contribution < 1.29 is 0 Å². The predicted octanol–water partition coefficient (Wildman–Crippen LogP) is 5.07. The molecule has 0 N–H and O–H groups in total. The highest BCUT2D eigenvalue weighted by Crippen LogP contribution is 2.32. The zero-order valence-corrected chi connectivity index (χ0v) is 19.5. The van der Waals surface area contributed by atoms with Gasteiger partial charge in [-0.1, -0.05) is 13.3 Å². The predicted molar refractivity (Wildman–Crippen MR) is 132 cm³/mol. The van der Waals surface area contributed by atoms with E-state index in [1.54, 1.807) is 11.8 Å². The monoisotopic (exact) mass is 455 g/mol. The van der Waals surface area contributed by atoms with Crippen molar-refractivity contribution in [3.8, 4) is 11.3 Å². The van der Waals surface area contributed by atoms with Crippen molar-refractivity contribution in [3.63, 3.8) is 0 Å². The maximum absolute atomic E-state index is 4.72. The van der Waals surface area contributed by atoms with Gasteiger partial charge in [-0.3, -0.25) is 14.1 Å². The van der Waals surface area contributed by atoms with E-state index in [2.05, 4.69) is 57.6 Å². The number of fused-ring (bicyclic) bond motifs is 2. The summed E-state index contributed by atoms with van der Waals surface area (Å²) >= 11 is 1.61. The summed E-state index contributed by atoms with van der Waals surface area (Å²) in [6.45, 7) is 4.52. The number of aromatic nitrogens is 6. The first-order valence-electron chi connectivity index (χ1n) is 11.3. The summed E-state index contributed by atoms with van der Waals surface area (Å²) in [5.41, 5.74) is 5.02. The van der Waals surface area contributed by atoms with Gasteiger partial charge in [0.05, 0.1) is 23.1 Å². The van der Waals surface area contributed by atoms with E-state index in [9.17, 15) is 0 Å². The van der Waals surface area contributed by atoms with Gasteiger partial charge in [0, 0.05) is 48.4 Å². The summed E-state index contributed by atoms with van der Waals surface area (Å²) in [6, 6.07) is 14.7. The van der Waals surface area contributed by atoms with Crippen LogP contribution in [0.3, 0.4) is 0 Å². The molecule has 0 spiro atoms. The van der Waals surface area contributed by atoms with Gasteiger partial charge in [-0.15, -0.1) is 10.2 Å². The van der Waals surface area contributed by atoms with Gasteiger partial charge in [-0.2, -0.15) is 5.10 Å². The van der Waals surface area contributed by atoms with Gasteiger partial charge in [-0.05, 0) is 66.6 Å². The van der Waals surface area contributed by atoms with Gasteiger partial charge in [0.25, 0.3) is 0 Å². The summed E-state index contributed by atoms with van der Waals surface area (Å²) in [5.74, 6) is 0.791. The van der Waals surface area contributed by atoms with E-state index in [0.717, 1.165) is 56.9 Å². The third-order valence-electron chi connectivity index (χ3n) is 6.46. The average Bonchev–Trinajstić information content (AvgIpc) is 3.58. The Balaban J connectivity index is 1.31. The van der Waals surface area contributed by atoms with Crippen LogP contribution < -0.4 is 4.90 Å². The van der Waals surface area contributed by atoms with E-state index in [1.165, 1.54) is 18.5 Å². The minimum absolute atomic E-state index is 0.791. The van der Waals surface area contributed by atoms with Gasteiger partial charge in [0.2, 0.25) is 0 Å². The Morgan fingerprint density at radius 2 is 2.03 bits per heavy atom. The molecule has 166 valence electrons. The number of hydrogen-bond donors (Lipinski definition) is 0. The first kappa shape index (κ1) is 20.2. The van der Waals surface area contributed by atoms with Gasteiger partial charge >= 0.3 is 0 Å². The maximum atomic E-state index is 4.72. The summed E-state index contributed by atoms with van der Waals surface area (Å²) in [6.07, 6.45) is 8.53. The molecule has 0 radical (unpaired) electrons. The number of anilines is 1. The molecule has 1 fully saturated rings. The topological polar surface area (TPSA) is 64.1 Å². The number of aryl methyl sites for hydroxylation is 1. The molecule has 6 rings (SSSR count). The Morgan fingerprint density at radius 3 is 2.85 bits per heavy atom. The van der Waals surface area contributed by atoms with E-state index in [4.69, 9.17) is 4.98 Å². The summed E-state index contributed by atoms with van der Waals surface area (Å²) in [4.78, 5) is 8.30. The molecule has 1 atom stereocenters. The minimum atomic E-state index is 0.791. The second-order valence-corrected chi connectivity index (χ2v) is 9.70. The molecule has 0 amide bonds. The van der Waals surface area contributed by atoms with Gasteiger partial charge in [0.1, 0.15) is 0 Å². The van der Waals surface area contributed by atoms with Crippen LogP contribution in [0, 0.1) is 5.92 Å². The molecule has 8 heteroatoms. The molecule has 1 saturated heterocycles. The van der Waals surface area contributed by atoms with Crippen molar-refractivity contribution in [2.24, 2.45) is 13.0 Å². The molecule has 5 aromatic rings. The van der Waals surface area contributed by atoms with Crippen molar-refractivity contribution >= 4 is 34.0 Å². The van der Waals surface area contributed by atoms with Crippen molar-refractivity contribution in [3.05, 3.63) is 61.1 Å². The number of hydrogen-bond acceptors (Lipinski definition) is 6. The van der Waals surface area contributed by atoms with Crippen LogP contribution >= 0.6 is 11.8 Å². The third-order valence-corrected chi connectivity index (χ3v) is 7.41. The Labute approximate surface area is 196 Å². The molecule has 7 nitrogen and oxygen atoms in total. The van der Waals surface area contributed by atoms with E-state index in [1.807, 2.05) is 46.7 Å². The molecule has 0 aliphatic carbocycles. The van der Waals surface area contributed by atoms with Crippen LogP contribution in [0.1, 0.15) is 19.8 Å². The lowest BCUT2D eigenvalue weighted by Gasteiger charge is -2.18. The molecule has 1 aromatic carbocycles. The fourth-order valence-corrected chi connectivity index (χ4v) is 5.36. The van der Waals surface area contributed by atoms with Crippen LogP contribution in [0.25, 0.3) is 27.8 Å². The summed E-state index contributed by atoms with van der Waals surface area (Å²) in [5, 5.41) is 15.3. The molecule has 33 heavy (non-hydrogen) atoms. The lowest BCUT2D eigenvalue weighted by atomic mass is 10.1. The van der Waals surface area contributed by atoms with E-state index >= 15 is 0 Å². The zero-order valence-electron chi connectivity index (χ0n) is 18.7. The fraction of sp³-hybridized carbons (Fsp3) is 0.280. The van der Waals surface area contributed by atoms with Crippen molar-refractivity contribution in [1.29, 1.82) is 0 Å². The Morgan fingerprint density at radius 1 is 1.09 bits per heavy atom. The fourth-order valence-electron chi connectivity index (χ4n) is 4.50. The number of rotatable bonds is 5. The van der Waals surface area contributed by atoms with Crippen LogP contribution in [-0.4, -0.2) is 42.5 Å². The van der Waals surface area contributed by atoms with Crippen LogP contribution in [0.15, 0.2) is 71.1 Å². The maximum Gasteiger partial charge on any atom is 0.200 e. The highest BCUT2D eigenvalue weighted by Gasteiger charge is 2.21. The van der Waals surface area contributed by atoms with Crippen molar-refractivity contribution in [2.75, 3.05) is 18.0 Å². The van der Waals surface area contributed by atoms with E-state index < -0.39 is 0 Å². The largest absolute Gasteiger partial charge is 0.370 e. The summed E-state index contributed by atoms with van der Waals surface area (Å²) in [7, 11) is 1.92. The minimum Gasteiger partial charge on any atom is -0.370 e. The number of benzene rings is 1. The lowest BCUT2D eigenvalue weighted by Crippen LogP contribution is -2.19. The van der Waals surface area contributed by atoms with Gasteiger partial charge < -0.3 is 4.90 Å². The number of pyridine rings is 2. The normalized spacial score (nSPS) is 16.3.